The molecule has 2 aromatic heterocycles. The number of nitrogens with zero attached hydrogens (tertiary/aromatic N) is 4. The van der Waals surface area contributed by atoms with Gasteiger partial charge >= 0.3 is 0 Å². The minimum atomic E-state index is -0.262. The summed E-state index contributed by atoms with van der Waals surface area (Å²) in [5.41, 5.74) is 1.55. The molecule has 0 saturated heterocycles. The van der Waals surface area contributed by atoms with Crippen LogP contribution in [0.15, 0.2) is 30.5 Å². The molecule has 0 saturated carbocycles. The summed E-state index contributed by atoms with van der Waals surface area (Å²) in [5, 5.41) is 4.36. The lowest BCUT2D eigenvalue weighted by Crippen LogP contribution is -2.02. The molecule has 0 fully saturated rings. The van der Waals surface area contributed by atoms with Crippen LogP contribution in [0.1, 0.15) is 12.7 Å². The monoisotopic (exact) mass is 244 g/mol. The Morgan fingerprint density at radius 3 is 2.78 bits per heavy atom. The van der Waals surface area contributed by atoms with Crippen molar-refractivity contribution in [1.29, 1.82) is 0 Å². The Morgan fingerprint density at radius 1 is 1.28 bits per heavy atom. The van der Waals surface area contributed by atoms with Gasteiger partial charge in [-0.3, -0.25) is 9.25 Å². The van der Waals surface area contributed by atoms with Gasteiger partial charge in [-0.2, -0.15) is 5.10 Å². The number of halogens is 1. The average molecular weight is 244 g/mol. The van der Waals surface area contributed by atoms with Crippen molar-refractivity contribution in [3.05, 3.63) is 42.1 Å². The molecule has 18 heavy (non-hydrogen) atoms. The lowest BCUT2D eigenvalue weighted by Gasteiger charge is -2.03. The zero-order valence-electron chi connectivity index (χ0n) is 10.3. The Bertz CT molecular complexity index is 711. The first-order valence-electron chi connectivity index (χ1n) is 5.86. The molecule has 3 aromatic rings. The Labute approximate surface area is 104 Å². The molecule has 0 amide bonds. The number of imidazole rings is 1. The average Bonchev–Trinajstić information content (AvgIpc) is 2.91. The number of aromatic nitrogens is 4. The number of hydrogen-bond donors (Lipinski definition) is 0. The summed E-state index contributed by atoms with van der Waals surface area (Å²) >= 11 is 0. The van der Waals surface area contributed by atoms with Crippen molar-refractivity contribution in [3.8, 4) is 5.82 Å². The van der Waals surface area contributed by atoms with Crippen LogP contribution < -0.4 is 0 Å². The maximum absolute atomic E-state index is 13.4. The molecule has 92 valence electrons. The van der Waals surface area contributed by atoms with Crippen LogP contribution in [0.4, 0.5) is 4.39 Å². The molecule has 0 radical (unpaired) electrons. The Morgan fingerprint density at radius 2 is 2.11 bits per heavy atom. The topological polar surface area (TPSA) is 35.6 Å². The SMILES string of the molecule is CCc1nc2ccc(F)cc2n1-c1ccn(C)n1. The van der Waals surface area contributed by atoms with E-state index in [1.807, 2.05) is 30.8 Å². The third-order valence-corrected chi connectivity index (χ3v) is 2.93. The molecule has 0 spiro atoms. The van der Waals surface area contributed by atoms with Gasteiger partial charge in [-0.25, -0.2) is 9.37 Å². The minimum absolute atomic E-state index is 0.262. The summed E-state index contributed by atoms with van der Waals surface area (Å²) in [6, 6.07) is 6.52. The standard InChI is InChI=1S/C13H13FN4/c1-3-12-15-10-5-4-9(14)8-11(10)18(12)13-6-7-17(2)16-13/h4-8H,3H2,1-2H3. The molecule has 1 aromatic carbocycles. The van der Waals surface area contributed by atoms with E-state index in [-0.39, 0.29) is 5.82 Å². The predicted octanol–water partition coefficient (Wildman–Crippen LogP) is 2.46. The van der Waals surface area contributed by atoms with Crippen molar-refractivity contribution >= 4 is 11.0 Å². The molecule has 2 heterocycles. The van der Waals surface area contributed by atoms with Gasteiger partial charge in [0, 0.05) is 31.8 Å². The summed E-state index contributed by atoms with van der Waals surface area (Å²) in [6.07, 6.45) is 2.63. The van der Waals surface area contributed by atoms with Crippen molar-refractivity contribution in [3.63, 3.8) is 0 Å². The number of fused-ring (bicyclic) bond motifs is 1. The molecule has 0 aliphatic carbocycles. The molecular weight excluding hydrogens is 231 g/mol. The third kappa shape index (κ3) is 1.59. The molecule has 0 unspecified atom stereocenters. The fourth-order valence-corrected chi connectivity index (χ4v) is 2.11. The van der Waals surface area contributed by atoms with Crippen molar-refractivity contribution in [2.45, 2.75) is 13.3 Å². The molecule has 0 bridgehead atoms. The second kappa shape index (κ2) is 3.94. The van der Waals surface area contributed by atoms with E-state index < -0.39 is 0 Å². The fraction of sp³-hybridized carbons (Fsp3) is 0.231. The maximum atomic E-state index is 13.4. The van der Waals surface area contributed by atoms with Gasteiger partial charge in [0.25, 0.3) is 0 Å². The van der Waals surface area contributed by atoms with E-state index in [4.69, 9.17) is 0 Å². The van der Waals surface area contributed by atoms with Crippen LogP contribution in [0.5, 0.6) is 0 Å². The van der Waals surface area contributed by atoms with Gasteiger partial charge in [-0.15, -0.1) is 0 Å². The van der Waals surface area contributed by atoms with Crippen molar-refractivity contribution in [2.75, 3.05) is 0 Å². The first-order valence-corrected chi connectivity index (χ1v) is 5.86. The van der Waals surface area contributed by atoms with E-state index in [1.54, 1.807) is 10.7 Å². The van der Waals surface area contributed by atoms with Crippen LogP contribution in [0, 0.1) is 5.82 Å². The molecule has 0 aliphatic rings. The zero-order chi connectivity index (χ0) is 12.7. The zero-order valence-corrected chi connectivity index (χ0v) is 10.3. The van der Waals surface area contributed by atoms with Gasteiger partial charge in [-0.05, 0) is 12.1 Å². The van der Waals surface area contributed by atoms with E-state index in [2.05, 4.69) is 10.1 Å². The molecule has 0 N–H and O–H groups in total. The van der Waals surface area contributed by atoms with Gasteiger partial charge in [0.2, 0.25) is 0 Å². The number of hydrogen-bond acceptors (Lipinski definition) is 2. The fourth-order valence-electron chi connectivity index (χ4n) is 2.11. The van der Waals surface area contributed by atoms with Gasteiger partial charge in [-0.1, -0.05) is 6.92 Å². The van der Waals surface area contributed by atoms with Crippen LogP contribution in [0.2, 0.25) is 0 Å². The van der Waals surface area contributed by atoms with Gasteiger partial charge in [0.1, 0.15) is 11.6 Å². The molecule has 3 rings (SSSR count). The lowest BCUT2D eigenvalue weighted by atomic mass is 10.3. The highest BCUT2D eigenvalue weighted by Crippen LogP contribution is 2.21. The second-order valence-electron chi connectivity index (χ2n) is 4.20. The lowest BCUT2D eigenvalue weighted by molar-refractivity contribution is 0.629. The Balaban J connectivity index is 2.34. The summed E-state index contributed by atoms with van der Waals surface area (Å²) in [5.74, 6) is 1.39. The minimum Gasteiger partial charge on any atom is -0.279 e. The van der Waals surface area contributed by atoms with Crippen LogP contribution >= 0.6 is 0 Å². The first-order chi connectivity index (χ1) is 8.69. The molecule has 0 atom stereocenters. The number of benzene rings is 1. The highest BCUT2D eigenvalue weighted by molar-refractivity contribution is 5.78. The van der Waals surface area contributed by atoms with Gasteiger partial charge in [0.15, 0.2) is 5.82 Å². The van der Waals surface area contributed by atoms with Gasteiger partial charge in [0.05, 0.1) is 11.0 Å². The van der Waals surface area contributed by atoms with Crippen LogP contribution in [-0.4, -0.2) is 19.3 Å². The van der Waals surface area contributed by atoms with E-state index in [9.17, 15) is 4.39 Å². The Hall–Kier alpha value is -2.17. The van der Waals surface area contributed by atoms with Crippen molar-refractivity contribution in [2.24, 2.45) is 7.05 Å². The van der Waals surface area contributed by atoms with Crippen molar-refractivity contribution in [1.82, 2.24) is 19.3 Å². The van der Waals surface area contributed by atoms with E-state index in [1.165, 1.54) is 12.1 Å². The normalized spacial score (nSPS) is 11.3. The molecular formula is C13H13FN4. The number of aryl methyl sites for hydroxylation is 2. The highest BCUT2D eigenvalue weighted by atomic mass is 19.1. The summed E-state index contributed by atoms with van der Waals surface area (Å²) in [4.78, 5) is 4.50. The first kappa shape index (κ1) is 11.0. The molecule has 5 heteroatoms. The summed E-state index contributed by atoms with van der Waals surface area (Å²) in [7, 11) is 1.86. The molecule has 4 nitrogen and oxygen atoms in total. The quantitative estimate of drug-likeness (QED) is 0.694. The second-order valence-corrected chi connectivity index (χ2v) is 4.20. The Kier molecular flexibility index (Phi) is 2.40. The smallest absolute Gasteiger partial charge is 0.160 e. The number of rotatable bonds is 2. The van der Waals surface area contributed by atoms with Crippen LogP contribution in [0.3, 0.4) is 0 Å². The summed E-state index contributed by atoms with van der Waals surface area (Å²) < 4.78 is 17.0. The third-order valence-electron chi connectivity index (χ3n) is 2.93. The summed E-state index contributed by atoms with van der Waals surface area (Å²) in [6.45, 7) is 2.02. The van der Waals surface area contributed by atoms with E-state index in [0.717, 1.165) is 29.1 Å². The largest absolute Gasteiger partial charge is 0.279 e. The highest BCUT2D eigenvalue weighted by Gasteiger charge is 2.13. The maximum Gasteiger partial charge on any atom is 0.160 e. The molecule has 0 aliphatic heterocycles. The van der Waals surface area contributed by atoms with Crippen LogP contribution in [0.25, 0.3) is 16.9 Å². The van der Waals surface area contributed by atoms with Crippen LogP contribution in [-0.2, 0) is 13.5 Å². The van der Waals surface area contributed by atoms with Gasteiger partial charge < -0.3 is 0 Å². The van der Waals surface area contributed by atoms with Crippen molar-refractivity contribution < 1.29 is 4.39 Å². The van der Waals surface area contributed by atoms with E-state index in [0.29, 0.717) is 0 Å². The van der Waals surface area contributed by atoms with E-state index >= 15 is 0 Å². The predicted molar refractivity (Wildman–Crippen MR) is 67.2 cm³/mol.